The second kappa shape index (κ2) is 5.85. The van der Waals surface area contributed by atoms with E-state index in [9.17, 15) is 9.59 Å². The number of anilines is 1. The molecule has 2 amide bonds. The van der Waals surface area contributed by atoms with Crippen molar-refractivity contribution < 1.29 is 9.59 Å². The molecule has 1 aromatic rings. The first-order valence-electron chi connectivity index (χ1n) is 6.98. The van der Waals surface area contributed by atoms with Gasteiger partial charge in [0.2, 0.25) is 5.95 Å². The molecule has 0 aliphatic carbocycles. The number of carbonyl (C=O) groups is 2. The van der Waals surface area contributed by atoms with E-state index in [1.807, 2.05) is 0 Å². The van der Waals surface area contributed by atoms with Gasteiger partial charge in [-0.2, -0.15) is 0 Å². The summed E-state index contributed by atoms with van der Waals surface area (Å²) in [5, 5.41) is 1.89. The minimum atomic E-state index is -0.364. The first-order valence-corrected chi connectivity index (χ1v) is 7.80. The van der Waals surface area contributed by atoms with Crippen LogP contribution in [0.4, 0.5) is 10.7 Å². The van der Waals surface area contributed by atoms with Gasteiger partial charge in [0, 0.05) is 18.8 Å². The van der Waals surface area contributed by atoms with Gasteiger partial charge >= 0.3 is 0 Å². The van der Waals surface area contributed by atoms with E-state index in [2.05, 4.69) is 27.1 Å². The first kappa shape index (κ1) is 14.1. The van der Waals surface area contributed by atoms with Crippen LogP contribution in [-0.4, -0.2) is 33.7 Å². The van der Waals surface area contributed by atoms with Gasteiger partial charge in [0.25, 0.3) is 11.1 Å². The number of rotatable bonds is 2. The number of nitrogens with one attached hydrogen (secondary N) is 1. The second-order valence-corrected chi connectivity index (χ2v) is 6.19. The van der Waals surface area contributed by atoms with Crippen molar-refractivity contribution in [2.24, 2.45) is 0 Å². The third-order valence-electron chi connectivity index (χ3n) is 3.65. The maximum absolute atomic E-state index is 11.6. The molecular weight excluding hydrogens is 288 g/mol. The Morgan fingerprint density at radius 2 is 2.29 bits per heavy atom. The molecule has 110 valence electrons. The highest BCUT2D eigenvalue weighted by atomic mass is 32.2. The van der Waals surface area contributed by atoms with Crippen LogP contribution in [0.15, 0.2) is 17.2 Å². The topological polar surface area (TPSA) is 75.2 Å². The van der Waals surface area contributed by atoms with E-state index in [-0.39, 0.29) is 11.1 Å². The Labute approximate surface area is 127 Å². The average molecular weight is 304 g/mol. The van der Waals surface area contributed by atoms with Crippen LogP contribution in [0.5, 0.6) is 0 Å². The lowest BCUT2D eigenvalue weighted by molar-refractivity contribution is -0.115. The Hall–Kier alpha value is -1.89. The van der Waals surface area contributed by atoms with Crippen molar-refractivity contribution in [3.8, 4) is 0 Å². The highest BCUT2D eigenvalue weighted by Crippen LogP contribution is 2.26. The maximum Gasteiger partial charge on any atom is 0.290 e. The van der Waals surface area contributed by atoms with Crippen LogP contribution < -0.4 is 10.2 Å². The largest absolute Gasteiger partial charge is 0.338 e. The van der Waals surface area contributed by atoms with Crippen LogP contribution >= 0.6 is 11.8 Å². The molecule has 1 aromatic heterocycles. The third kappa shape index (κ3) is 3.07. The summed E-state index contributed by atoms with van der Waals surface area (Å²) < 4.78 is 0. The van der Waals surface area contributed by atoms with Crippen LogP contribution in [-0.2, 0) is 4.79 Å². The molecule has 0 spiro atoms. The number of hydrogen-bond acceptors (Lipinski definition) is 6. The molecule has 0 radical (unpaired) electrons. The van der Waals surface area contributed by atoms with Crippen molar-refractivity contribution in [1.29, 1.82) is 0 Å². The van der Waals surface area contributed by atoms with Crippen molar-refractivity contribution >= 4 is 34.9 Å². The lowest BCUT2D eigenvalue weighted by atomic mass is 10.0. The summed E-state index contributed by atoms with van der Waals surface area (Å²) in [6, 6.07) is 2.16. The lowest BCUT2D eigenvalue weighted by Gasteiger charge is -2.33. The summed E-state index contributed by atoms with van der Waals surface area (Å²) in [5.74, 6) is 0.322. The van der Waals surface area contributed by atoms with E-state index in [0.29, 0.717) is 22.6 Å². The van der Waals surface area contributed by atoms with Crippen molar-refractivity contribution in [2.75, 3.05) is 11.4 Å². The van der Waals surface area contributed by atoms with Crippen LogP contribution in [0.3, 0.4) is 0 Å². The predicted molar refractivity (Wildman–Crippen MR) is 81.8 cm³/mol. The number of aromatic nitrogens is 2. The number of hydrogen-bond donors (Lipinski definition) is 1. The van der Waals surface area contributed by atoms with Gasteiger partial charge in [0.1, 0.15) is 0 Å². The van der Waals surface area contributed by atoms with Crippen molar-refractivity contribution in [1.82, 2.24) is 15.3 Å². The van der Waals surface area contributed by atoms with Gasteiger partial charge in [-0.15, -0.1) is 0 Å². The Bertz CT molecular complexity index is 617. The van der Waals surface area contributed by atoms with E-state index < -0.39 is 0 Å². The molecule has 2 aliphatic heterocycles. The summed E-state index contributed by atoms with van der Waals surface area (Å²) in [5.41, 5.74) is 0.644. The number of thioether (sulfide) groups is 1. The number of carbonyl (C=O) groups excluding carboxylic acids is 2. The normalized spacial score (nSPS) is 24.5. The molecule has 3 heterocycles. The monoisotopic (exact) mass is 304 g/mol. The van der Waals surface area contributed by atoms with E-state index in [1.165, 1.54) is 6.42 Å². The highest BCUT2D eigenvalue weighted by molar-refractivity contribution is 8.18. The SMILES string of the molecule is CC1CCCCN1c1nccc(/C=C2\SC(=O)NC2=O)n1. The van der Waals surface area contributed by atoms with Crippen LogP contribution in [0.2, 0.25) is 0 Å². The zero-order valence-corrected chi connectivity index (χ0v) is 12.5. The predicted octanol–water partition coefficient (Wildman–Crippen LogP) is 2.18. The van der Waals surface area contributed by atoms with Gasteiger partial charge in [0.15, 0.2) is 0 Å². The van der Waals surface area contributed by atoms with E-state index in [1.54, 1.807) is 18.3 Å². The molecule has 7 heteroatoms. The average Bonchev–Trinajstić information content (AvgIpc) is 2.78. The van der Waals surface area contributed by atoms with Gasteiger partial charge in [-0.25, -0.2) is 9.97 Å². The Morgan fingerprint density at radius 3 is 3.00 bits per heavy atom. The molecule has 2 fully saturated rings. The Balaban J connectivity index is 1.85. The molecule has 1 unspecified atom stereocenters. The van der Waals surface area contributed by atoms with Gasteiger partial charge in [-0.3, -0.25) is 14.9 Å². The van der Waals surface area contributed by atoms with Crippen LogP contribution in [0.1, 0.15) is 31.9 Å². The molecular formula is C14H16N4O2S. The standard InChI is InChI=1S/C14H16N4O2S/c1-9-4-2-3-7-18(9)13-15-6-5-10(16-13)8-11-12(19)17-14(20)21-11/h5-6,8-9H,2-4,7H2,1H3,(H,17,19,20)/b11-8-. The quantitative estimate of drug-likeness (QED) is 0.844. The molecule has 1 N–H and O–H groups in total. The van der Waals surface area contributed by atoms with E-state index >= 15 is 0 Å². The molecule has 0 saturated carbocycles. The zero-order chi connectivity index (χ0) is 14.8. The minimum Gasteiger partial charge on any atom is -0.338 e. The molecule has 0 aromatic carbocycles. The van der Waals surface area contributed by atoms with Crippen molar-refractivity contribution in [3.63, 3.8) is 0 Å². The molecule has 0 bridgehead atoms. The summed E-state index contributed by atoms with van der Waals surface area (Å²) in [6.45, 7) is 3.13. The smallest absolute Gasteiger partial charge is 0.290 e. The first-order chi connectivity index (χ1) is 10.1. The molecule has 2 aliphatic rings. The fraction of sp³-hybridized carbons (Fsp3) is 0.429. The zero-order valence-electron chi connectivity index (χ0n) is 11.7. The molecule has 2 saturated heterocycles. The maximum atomic E-state index is 11.6. The summed E-state index contributed by atoms with van der Waals surface area (Å²) in [7, 11) is 0. The van der Waals surface area contributed by atoms with Gasteiger partial charge in [-0.1, -0.05) is 0 Å². The van der Waals surface area contributed by atoms with E-state index in [4.69, 9.17) is 0 Å². The summed E-state index contributed by atoms with van der Waals surface area (Å²) >= 11 is 0.898. The highest BCUT2D eigenvalue weighted by Gasteiger charge is 2.25. The third-order valence-corrected chi connectivity index (χ3v) is 4.46. The molecule has 6 nitrogen and oxygen atoms in total. The minimum absolute atomic E-state index is 0.342. The van der Waals surface area contributed by atoms with Gasteiger partial charge < -0.3 is 4.90 Å². The molecule has 3 rings (SSSR count). The number of amides is 2. The second-order valence-electron chi connectivity index (χ2n) is 5.17. The Kier molecular flexibility index (Phi) is 3.92. The molecule has 21 heavy (non-hydrogen) atoms. The summed E-state index contributed by atoms with van der Waals surface area (Å²) in [4.78, 5) is 34.1. The number of nitrogens with zero attached hydrogens (tertiary/aromatic N) is 3. The van der Waals surface area contributed by atoms with Crippen LogP contribution in [0, 0.1) is 0 Å². The van der Waals surface area contributed by atoms with E-state index in [0.717, 1.165) is 31.1 Å². The van der Waals surface area contributed by atoms with Crippen molar-refractivity contribution in [2.45, 2.75) is 32.2 Å². The molecule has 1 atom stereocenters. The fourth-order valence-corrected chi connectivity index (χ4v) is 3.20. The lowest BCUT2D eigenvalue weighted by Crippen LogP contribution is -2.38. The number of imide groups is 1. The fourth-order valence-electron chi connectivity index (χ4n) is 2.53. The van der Waals surface area contributed by atoms with Crippen molar-refractivity contribution in [3.05, 3.63) is 22.9 Å². The van der Waals surface area contributed by atoms with Crippen LogP contribution in [0.25, 0.3) is 6.08 Å². The van der Waals surface area contributed by atoms with Gasteiger partial charge in [-0.05, 0) is 50.1 Å². The number of piperidine rings is 1. The van der Waals surface area contributed by atoms with Gasteiger partial charge in [0.05, 0.1) is 10.6 Å². The Morgan fingerprint density at radius 1 is 1.43 bits per heavy atom. The summed E-state index contributed by atoms with van der Waals surface area (Å²) in [6.07, 6.45) is 6.84.